The summed E-state index contributed by atoms with van der Waals surface area (Å²) in [5.41, 5.74) is 5.33. The van der Waals surface area contributed by atoms with Crippen LogP contribution in [0.25, 0.3) is 10.9 Å². The average Bonchev–Trinajstić information content (AvgIpc) is 2.54. The lowest BCUT2D eigenvalue weighted by Crippen LogP contribution is -2.07. The fourth-order valence-corrected chi connectivity index (χ4v) is 2.16. The van der Waals surface area contributed by atoms with Crippen LogP contribution in [0.1, 0.15) is 23.7 Å². The molecule has 0 atom stereocenters. The molecule has 0 saturated carbocycles. The Morgan fingerprint density at radius 3 is 2.80 bits per heavy atom. The van der Waals surface area contributed by atoms with E-state index < -0.39 is 0 Å². The number of fused-ring (bicyclic) bond motifs is 1. The lowest BCUT2D eigenvalue weighted by Gasteiger charge is -2.00. The molecule has 1 aromatic heterocycles. The smallest absolute Gasteiger partial charge is 0.0461 e. The fraction of sp³-hybridized carbons (Fsp3) is 0.385. The molecule has 15 heavy (non-hydrogen) atoms. The van der Waals surface area contributed by atoms with Gasteiger partial charge in [-0.2, -0.15) is 0 Å². The van der Waals surface area contributed by atoms with Crippen molar-refractivity contribution in [2.75, 3.05) is 7.05 Å². The maximum Gasteiger partial charge on any atom is 0.0461 e. The van der Waals surface area contributed by atoms with Gasteiger partial charge in [0.05, 0.1) is 0 Å². The van der Waals surface area contributed by atoms with Crippen LogP contribution in [0.3, 0.4) is 0 Å². The number of benzene rings is 1. The van der Waals surface area contributed by atoms with Crippen LogP contribution in [0, 0.1) is 6.92 Å². The zero-order chi connectivity index (χ0) is 10.8. The molecule has 0 saturated heterocycles. The number of nitrogens with one attached hydrogen (secondary N) is 2. The van der Waals surface area contributed by atoms with Crippen LogP contribution in [-0.2, 0) is 13.0 Å². The summed E-state index contributed by atoms with van der Waals surface area (Å²) in [6, 6.07) is 6.62. The number of H-pyrrole nitrogens is 1. The van der Waals surface area contributed by atoms with Crippen molar-refractivity contribution in [3.8, 4) is 0 Å². The first-order chi connectivity index (χ1) is 7.26. The molecule has 0 aliphatic carbocycles. The molecule has 2 aromatic rings. The Hall–Kier alpha value is -1.28. The Kier molecular flexibility index (Phi) is 2.78. The van der Waals surface area contributed by atoms with Gasteiger partial charge < -0.3 is 10.3 Å². The van der Waals surface area contributed by atoms with Crippen molar-refractivity contribution in [3.63, 3.8) is 0 Å². The highest BCUT2D eigenvalue weighted by atomic mass is 14.9. The Balaban J connectivity index is 2.62. The van der Waals surface area contributed by atoms with Crippen molar-refractivity contribution in [2.24, 2.45) is 0 Å². The summed E-state index contributed by atoms with van der Waals surface area (Å²) in [6.07, 6.45) is 1.08. The first kappa shape index (κ1) is 10.2. The minimum absolute atomic E-state index is 0.914. The number of hydrogen-bond donors (Lipinski definition) is 2. The molecule has 1 heterocycles. The lowest BCUT2D eigenvalue weighted by atomic mass is 10.1. The van der Waals surface area contributed by atoms with Crippen molar-refractivity contribution in [2.45, 2.75) is 26.8 Å². The van der Waals surface area contributed by atoms with Gasteiger partial charge in [0.1, 0.15) is 0 Å². The van der Waals surface area contributed by atoms with Gasteiger partial charge in [-0.15, -0.1) is 0 Å². The van der Waals surface area contributed by atoms with Gasteiger partial charge in [-0.1, -0.05) is 19.1 Å². The van der Waals surface area contributed by atoms with Crippen LogP contribution in [0.15, 0.2) is 18.2 Å². The molecule has 2 rings (SSSR count). The first-order valence-electron chi connectivity index (χ1n) is 5.51. The monoisotopic (exact) mass is 202 g/mol. The van der Waals surface area contributed by atoms with Gasteiger partial charge in [0, 0.05) is 23.1 Å². The highest BCUT2D eigenvalue weighted by Gasteiger charge is 2.08. The topological polar surface area (TPSA) is 27.8 Å². The second-order valence-corrected chi connectivity index (χ2v) is 4.02. The van der Waals surface area contributed by atoms with Crippen molar-refractivity contribution in [1.82, 2.24) is 10.3 Å². The summed E-state index contributed by atoms with van der Waals surface area (Å²) in [7, 11) is 1.98. The van der Waals surface area contributed by atoms with E-state index in [1.54, 1.807) is 0 Å². The van der Waals surface area contributed by atoms with Gasteiger partial charge in [0.15, 0.2) is 0 Å². The normalized spacial score (nSPS) is 11.1. The molecular formula is C13H18N2. The van der Waals surface area contributed by atoms with E-state index >= 15 is 0 Å². The SMILES string of the molecule is CCc1c(CNC)[nH]c2cc(C)ccc12. The molecule has 2 N–H and O–H groups in total. The van der Waals surface area contributed by atoms with Crippen LogP contribution >= 0.6 is 0 Å². The highest BCUT2D eigenvalue weighted by molar-refractivity contribution is 5.85. The van der Waals surface area contributed by atoms with Gasteiger partial charge in [-0.3, -0.25) is 0 Å². The molecule has 0 bridgehead atoms. The number of rotatable bonds is 3. The van der Waals surface area contributed by atoms with E-state index in [1.807, 2.05) is 7.05 Å². The van der Waals surface area contributed by atoms with E-state index in [4.69, 9.17) is 0 Å². The molecule has 0 spiro atoms. The quantitative estimate of drug-likeness (QED) is 0.787. The molecule has 2 heteroatoms. The van der Waals surface area contributed by atoms with Crippen molar-refractivity contribution in [1.29, 1.82) is 0 Å². The average molecular weight is 202 g/mol. The van der Waals surface area contributed by atoms with Crippen LogP contribution in [-0.4, -0.2) is 12.0 Å². The van der Waals surface area contributed by atoms with Gasteiger partial charge in [-0.05, 0) is 37.6 Å². The third kappa shape index (κ3) is 1.77. The fourth-order valence-electron chi connectivity index (χ4n) is 2.16. The molecule has 0 fully saturated rings. The molecule has 0 unspecified atom stereocenters. The van der Waals surface area contributed by atoms with Gasteiger partial charge in [-0.25, -0.2) is 0 Å². The minimum Gasteiger partial charge on any atom is -0.357 e. The highest BCUT2D eigenvalue weighted by Crippen LogP contribution is 2.23. The first-order valence-corrected chi connectivity index (χ1v) is 5.51. The van der Waals surface area contributed by atoms with E-state index in [0.717, 1.165) is 13.0 Å². The molecule has 0 amide bonds. The predicted molar refractivity (Wildman–Crippen MR) is 65.2 cm³/mol. The van der Waals surface area contributed by atoms with E-state index in [-0.39, 0.29) is 0 Å². The molecule has 0 aliphatic rings. The van der Waals surface area contributed by atoms with E-state index in [9.17, 15) is 0 Å². The standard InChI is InChI=1S/C13H18N2/c1-4-10-11-6-5-9(2)7-12(11)15-13(10)8-14-3/h5-7,14-15H,4,8H2,1-3H3. The van der Waals surface area contributed by atoms with Crippen molar-refractivity contribution >= 4 is 10.9 Å². The van der Waals surface area contributed by atoms with Gasteiger partial charge >= 0.3 is 0 Å². The Labute approximate surface area is 90.7 Å². The van der Waals surface area contributed by atoms with Crippen LogP contribution < -0.4 is 5.32 Å². The maximum absolute atomic E-state index is 3.49. The summed E-state index contributed by atoms with van der Waals surface area (Å²) in [6.45, 7) is 5.25. The summed E-state index contributed by atoms with van der Waals surface area (Å²) < 4.78 is 0. The predicted octanol–water partition coefficient (Wildman–Crippen LogP) is 2.76. The third-order valence-corrected chi connectivity index (χ3v) is 2.86. The molecule has 2 nitrogen and oxygen atoms in total. The zero-order valence-electron chi connectivity index (χ0n) is 9.65. The van der Waals surface area contributed by atoms with Crippen LogP contribution in [0.5, 0.6) is 0 Å². The van der Waals surface area contributed by atoms with Crippen LogP contribution in [0.4, 0.5) is 0 Å². The van der Waals surface area contributed by atoms with Crippen molar-refractivity contribution < 1.29 is 0 Å². The van der Waals surface area contributed by atoms with Gasteiger partial charge in [0.2, 0.25) is 0 Å². The molecule has 80 valence electrons. The zero-order valence-corrected chi connectivity index (χ0v) is 9.65. The largest absolute Gasteiger partial charge is 0.357 e. The number of aromatic amines is 1. The molecular weight excluding hydrogens is 184 g/mol. The molecule has 1 aromatic carbocycles. The molecule has 0 aliphatic heterocycles. The number of hydrogen-bond acceptors (Lipinski definition) is 1. The number of aromatic nitrogens is 1. The summed E-state index contributed by atoms with van der Waals surface area (Å²) in [5.74, 6) is 0. The second-order valence-electron chi connectivity index (χ2n) is 4.02. The summed E-state index contributed by atoms with van der Waals surface area (Å²) in [4.78, 5) is 3.49. The van der Waals surface area contributed by atoms with E-state index in [2.05, 4.69) is 42.3 Å². The number of aryl methyl sites for hydroxylation is 2. The summed E-state index contributed by atoms with van der Waals surface area (Å²) in [5, 5.41) is 4.57. The maximum atomic E-state index is 3.49. The Morgan fingerprint density at radius 1 is 1.33 bits per heavy atom. The van der Waals surface area contributed by atoms with Crippen molar-refractivity contribution in [3.05, 3.63) is 35.0 Å². The Morgan fingerprint density at radius 2 is 2.13 bits per heavy atom. The van der Waals surface area contributed by atoms with E-state index in [1.165, 1.54) is 27.7 Å². The molecule has 0 radical (unpaired) electrons. The lowest BCUT2D eigenvalue weighted by molar-refractivity contribution is 0.788. The van der Waals surface area contributed by atoms with Gasteiger partial charge in [0.25, 0.3) is 0 Å². The van der Waals surface area contributed by atoms with Crippen LogP contribution in [0.2, 0.25) is 0 Å². The third-order valence-electron chi connectivity index (χ3n) is 2.86. The summed E-state index contributed by atoms with van der Waals surface area (Å²) >= 11 is 0. The second kappa shape index (κ2) is 4.07. The minimum atomic E-state index is 0.914. The van der Waals surface area contributed by atoms with E-state index in [0.29, 0.717) is 0 Å². The Bertz CT molecular complexity index is 469.